The molecule has 0 aromatic rings. The molecule has 0 unspecified atom stereocenters. The van der Waals surface area contributed by atoms with E-state index < -0.39 is 11.2 Å². The molecule has 46 heavy (non-hydrogen) atoms. The smallest absolute Gasteiger partial charge is 0.239 e. The molecule has 268 valence electrons. The van der Waals surface area contributed by atoms with E-state index in [1.165, 1.54) is 4.90 Å². The summed E-state index contributed by atoms with van der Waals surface area (Å²) < 4.78 is 17.6. The third-order valence-electron chi connectivity index (χ3n) is 7.67. The van der Waals surface area contributed by atoms with Crippen LogP contribution in [0.5, 0.6) is 0 Å². The zero-order valence-electron chi connectivity index (χ0n) is 30.1. The van der Waals surface area contributed by atoms with Gasteiger partial charge in [-0.2, -0.15) is 0 Å². The van der Waals surface area contributed by atoms with Crippen LogP contribution in [0.1, 0.15) is 100 Å². The molecule has 1 saturated heterocycles. The van der Waals surface area contributed by atoms with Crippen LogP contribution in [0.4, 0.5) is 0 Å². The third-order valence-corrected chi connectivity index (χ3v) is 7.67. The number of imide groups is 1. The first-order chi connectivity index (χ1) is 21.4. The second-order valence-electron chi connectivity index (χ2n) is 13.7. The van der Waals surface area contributed by atoms with Crippen molar-refractivity contribution < 1.29 is 43.3 Å². The number of aliphatic hydroxyl groups is 1. The molecule has 5 amide bonds. The van der Waals surface area contributed by atoms with Crippen LogP contribution in [0.25, 0.3) is 0 Å². The van der Waals surface area contributed by atoms with E-state index in [1.807, 2.05) is 41.5 Å². The SMILES string of the molecule is CO.COC(C)(C)CCOC(C)(C)CCN(CC(=O)NCCNC(=O)CCN1C(=O)CCC1=O)C(=O)CC(C)(C)OCCC(C)C. The van der Waals surface area contributed by atoms with Crippen LogP contribution in [-0.2, 0) is 38.2 Å². The summed E-state index contributed by atoms with van der Waals surface area (Å²) in [6.45, 7) is 17.5. The lowest BCUT2D eigenvalue weighted by Crippen LogP contribution is -2.46. The Kier molecular flexibility index (Phi) is 20.1. The Morgan fingerprint density at radius 1 is 0.848 bits per heavy atom. The van der Waals surface area contributed by atoms with E-state index in [0.29, 0.717) is 38.5 Å². The fourth-order valence-corrected chi connectivity index (χ4v) is 4.35. The van der Waals surface area contributed by atoms with Crippen molar-refractivity contribution in [1.29, 1.82) is 0 Å². The minimum absolute atomic E-state index is 0.00352. The van der Waals surface area contributed by atoms with Gasteiger partial charge in [-0.25, -0.2) is 0 Å². The lowest BCUT2D eigenvalue weighted by molar-refractivity contribution is -0.142. The Hall–Kier alpha value is -2.61. The van der Waals surface area contributed by atoms with Crippen molar-refractivity contribution >= 4 is 29.5 Å². The number of ether oxygens (including phenoxy) is 3. The van der Waals surface area contributed by atoms with Gasteiger partial charge in [-0.1, -0.05) is 13.8 Å². The molecular formula is C33H62N4O9. The van der Waals surface area contributed by atoms with Gasteiger partial charge in [0.2, 0.25) is 29.5 Å². The molecule has 0 aromatic carbocycles. The minimum atomic E-state index is -0.687. The first-order valence-electron chi connectivity index (χ1n) is 16.3. The summed E-state index contributed by atoms with van der Waals surface area (Å²) in [4.78, 5) is 64.5. The van der Waals surface area contributed by atoms with Gasteiger partial charge < -0.3 is 34.9 Å². The van der Waals surface area contributed by atoms with Crippen LogP contribution in [0.3, 0.4) is 0 Å². The summed E-state index contributed by atoms with van der Waals surface area (Å²) in [7, 11) is 2.67. The van der Waals surface area contributed by atoms with E-state index in [9.17, 15) is 24.0 Å². The van der Waals surface area contributed by atoms with Crippen molar-refractivity contribution in [2.24, 2.45) is 5.92 Å². The predicted molar refractivity (Wildman–Crippen MR) is 176 cm³/mol. The third kappa shape index (κ3) is 19.1. The van der Waals surface area contributed by atoms with Crippen molar-refractivity contribution in [2.75, 3.05) is 60.2 Å². The van der Waals surface area contributed by atoms with Gasteiger partial charge in [0.05, 0.1) is 36.4 Å². The van der Waals surface area contributed by atoms with Gasteiger partial charge in [0, 0.05) is 66.3 Å². The number of nitrogens with zero attached hydrogens (tertiary/aromatic N) is 2. The van der Waals surface area contributed by atoms with Gasteiger partial charge in [-0.3, -0.25) is 28.9 Å². The van der Waals surface area contributed by atoms with E-state index >= 15 is 0 Å². The molecule has 0 aromatic heterocycles. The van der Waals surface area contributed by atoms with Gasteiger partial charge in [-0.15, -0.1) is 0 Å². The summed E-state index contributed by atoms with van der Waals surface area (Å²) in [5, 5.41) is 12.4. The normalized spacial score (nSPS) is 13.9. The molecule has 0 bridgehead atoms. The van der Waals surface area contributed by atoms with E-state index in [0.717, 1.165) is 18.4 Å². The number of hydrogen-bond acceptors (Lipinski definition) is 9. The van der Waals surface area contributed by atoms with Gasteiger partial charge in [0.1, 0.15) is 0 Å². The number of carbonyl (C=O) groups excluding carboxylic acids is 5. The lowest BCUT2D eigenvalue weighted by atomic mass is 10.0. The first kappa shape index (κ1) is 43.4. The monoisotopic (exact) mass is 658 g/mol. The molecule has 13 nitrogen and oxygen atoms in total. The van der Waals surface area contributed by atoms with Crippen molar-refractivity contribution in [2.45, 2.75) is 117 Å². The average molecular weight is 659 g/mol. The highest BCUT2D eigenvalue weighted by Gasteiger charge is 2.30. The van der Waals surface area contributed by atoms with Crippen LogP contribution in [0, 0.1) is 5.92 Å². The maximum absolute atomic E-state index is 13.4. The van der Waals surface area contributed by atoms with Crippen molar-refractivity contribution in [1.82, 2.24) is 20.4 Å². The second-order valence-corrected chi connectivity index (χ2v) is 13.7. The van der Waals surface area contributed by atoms with Gasteiger partial charge in [-0.05, 0) is 66.7 Å². The highest BCUT2D eigenvalue weighted by atomic mass is 16.5. The summed E-state index contributed by atoms with van der Waals surface area (Å²) in [6.07, 6.45) is 2.62. The van der Waals surface area contributed by atoms with E-state index in [2.05, 4.69) is 24.5 Å². The fourth-order valence-electron chi connectivity index (χ4n) is 4.35. The summed E-state index contributed by atoms with van der Waals surface area (Å²) in [6, 6.07) is 0. The number of rotatable bonds is 22. The van der Waals surface area contributed by atoms with Crippen molar-refractivity contribution in [3.05, 3.63) is 0 Å². The number of hydrogen-bond donors (Lipinski definition) is 3. The predicted octanol–water partition coefficient (Wildman–Crippen LogP) is 2.43. The fraction of sp³-hybridized carbons (Fsp3) is 0.848. The molecule has 0 radical (unpaired) electrons. The van der Waals surface area contributed by atoms with Crippen LogP contribution in [0.15, 0.2) is 0 Å². The standard InChI is InChI=1S/C32H58N4O8.CH4O/c1-24(2)13-20-43-32(7,8)22-29(41)35(19-14-31(5,6)44-21-15-30(3,4)42-9)23-26(38)34-17-16-33-25(37)12-18-36-27(39)10-11-28(36)40;1-2/h24H,10-23H2,1-9H3,(H,33,37)(H,34,38);2H,1H3. The highest BCUT2D eigenvalue weighted by molar-refractivity contribution is 6.02. The summed E-state index contributed by atoms with van der Waals surface area (Å²) in [5.74, 6) is -0.888. The average Bonchev–Trinajstić information content (AvgIpc) is 3.28. The first-order valence-corrected chi connectivity index (χ1v) is 16.3. The zero-order chi connectivity index (χ0) is 35.6. The molecule has 0 saturated carbocycles. The van der Waals surface area contributed by atoms with Crippen LogP contribution >= 0.6 is 0 Å². The number of aliphatic hydroxyl groups excluding tert-OH is 1. The molecule has 3 N–H and O–H groups in total. The maximum atomic E-state index is 13.4. The number of likely N-dealkylation sites (tertiary alicyclic amines) is 1. The number of methoxy groups -OCH3 is 1. The van der Waals surface area contributed by atoms with Crippen molar-refractivity contribution in [3.8, 4) is 0 Å². The zero-order valence-corrected chi connectivity index (χ0v) is 30.1. The van der Waals surface area contributed by atoms with E-state index in [-0.39, 0.29) is 87.0 Å². The molecule has 0 spiro atoms. The maximum Gasteiger partial charge on any atom is 0.239 e. The van der Waals surface area contributed by atoms with Gasteiger partial charge in [0.25, 0.3) is 0 Å². The Labute approximate surface area is 276 Å². The quantitative estimate of drug-likeness (QED) is 0.117. The lowest BCUT2D eigenvalue weighted by Gasteiger charge is -2.33. The topological polar surface area (TPSA) is 164 Å². The van der Waals surface area contributed by atoms with E-state index in [1.54, 1.807) is 7.11 Å². The summed E-state index contributed by atoms with van der Waals surface area (Å²) >= 11 is 0. The Morgan fingerprint density at radius 3 is 1.93 bits per heavy atom. The molecule has 1 rings (SSSR count). The molecule has 1 fully saturated rings. The Balaban J connectivity index is 0.00000991. The minimum Gasteiger partial charge on any atom is -0.400 e. The van der Waals surface area contributed by atoms with Gasteiger partial charge in [0.15, 0.2) is 0 Å². The molecule has 0 atom stereocenters. The van der Waals surface area contributed by atoms with Crippen molar-refractivity contribution in [3.63, 3.8) is 0 Å². The van der Waals surface area contributed by atoms with Crippen LogP contribution in [-0.4, -0.2) is 121 Å². The molecule has 1 aliphatic rings. The molecule has 13 heteroatoms. The largest absolute Gasteiger partial charge is 0.400 e. The number of amides is 5. The molecule has 0 aliphatic carbocycles. The number of carbonyl (C=O) groups is 5. The Bertz CT molecular complexity index is 951. The van der Waals surface area contributed by atoms with E-state index in [4.69, 9.17) is 19.3 Å². The molecule has 1 heterocycles. The number of nitrogens with one attached hydrogen (secondary N) is 2. The second kappa shape index (κ2) is 21.3. The van der Waals surface area contributed by atoms with Gasteiger partial charge >= 0.3 is 0 Å². The Morgan fingerprint density at radius 2 is 1.39 bits per heavy atom. The molecule has 1 aliphatic heterocycles. The summed E-state index contributed by atoms with van der Waals surface area (Å²) in [5.41, 5.74) is -1.52. The van der Waals surface area contributed by atoms with Crippen LogP contribution < -0.4 is 10.6 Å². The van der Waals surface area contributed by atoms with Crippen LogP contribution in [0.2, 0.25) is 0 Å². The highest BCUT2D eigenvalue weighted by Crippen LogP contribution is 2.22. The molecular weight excluding hydrogens is 596 g/mol.